The average molecular weight is 471 g/mol. The lowest BCUT2D eigenvalue weighted by Gasteiger charge is -2.32. The number of ether oxygens (including phenoxy) is 1. The minimum Gasteiger partial charge on any atom is -0.466 e. The van der Waals surface area contributed by atoms with E-state index >= 15 is 0 Å². The number of benzene rings is 2. The van der Waals surface area contributed by atoms with Gasteiger partial charge in [0.05, 0.1) is 23.1 Å². The molecule has 2 aliphatic heterocycles. The number of amides is 2. The van der Waals surface area contributed by atoms with Crippen LogP contribution in [0.3, 0.4) is 0 Å². The number of nitrogens with one attached hydrogen (secondary N) is 1. The second kappa shape index (κ2) is 9.79. The van der Waals surface area contributed by atoms with Crippen LogP contribution in [0.5, 0.6) is 0 Å². The van der Waals surface area contributed by atoms with Gasteiger partial charge in [-0.3, -0.25) is 14.4 Å². The minimum absolute atomic E-state index is 0.152. The first-order valence-electron chi connectivity index (χ1n) is 10.5. The average Bonchev–Trinajstić information content (AvgIpc) is 2.79. The molecular weight excluding hydrogens is 448 g/mol. The molecule has 0 bridgehead atoms. The lowest BCUT2D eigenvalue weighted by atomic mass is 9.97. The van der Waals surface area contributed by atoms with Crippen molar-refractivity contribution in [3.63, 3.8) is 0 Å². The molecule has 0 aromatic heterocycles. The van der Waals surface area contributed by atoms with Gasteiger partial charge in [-0.2, -0.15) is 0 Å². The number of hydrogen-bond acceptors (Lipinski definition) is 5. The Morgan fingerprint density at radius 3 is 2.91 bits per heavy atom. The van der Waals surface area contributed by atoms with Crippen molar-refractivity contribution in [1.29, 1.82) is 0 Å². The first kappa shape index (κ1) is 22.4. The Labute approximate surface area is 196 Å². The SMILES string of the molecule is CCOC(=O)[C@@H]1CCCN(C(=O)c2ccc3c(c2)NC(=O)/C(=C\c2cccc(Cl)c2)S3)C1. The van der Waals surface area contributed by atoms with Crippen molar-refractivity contribution in [1.82, 2.24) is 4.90 Å². The molecule has 0 saturated carbocycles. The fourth-order valence-corrected chi connectivity index (χ4v) is 4.97. The minimum atomic E-state index is -0.292. The zero-order chi connectivity index (χ0) is 22.7. The van der Waals surface area contributed by atoms with Crippen molar-refractivity contribution in [2.45, 2.75) is 24.7 Å². The molecule has 1 fully saturated rings. The second-order valence-corrected chi connectivity index (χ2v) is 9.19. The number of carbonyl (C=O) groups is 3. The third-order valence-corrected chi connectivity index (χ3v) is 6.73. The van der Waals surface area contributed by atoms with Crippen molar-refractivity contribution in [2.75, 3.05) is 25.0 Å². The summed E-state index contributed by atoms with van der Waals surface area (Å²) in [7, 11) is 0. The summed E-state index contributed by atoms with van der Waals surface area (Å²) in [5.41, 5.74) is 1.93. The molecule has 8 heteroatoms. The number of piperidine rings is 1. The van der Waals surface area contributed by atoms with E-state index in [-0.39, 0.29) is 23.7 Å². The van der Waals surface area contributed by atoms with E-state index in [4.69, 9.17) is 16.3 Å². The third-order valence-electron chi connectivity index (χ3n) is 5.39. The number of anilines is 1. The lowest BCUT2D eigenvalue weighted by Crippen LogP contribution is -2.42. The van der Waals surface area contributed by atoms with Gasteiger partial charge in [0.15, 0.2) is 0 Å². The molecule has 2 amide bonds. The number of rotatable bonds is 4. The molecule has 32 heavy (non-hydrogen) atoms. The van der Waals surface area contributed by atoms with Crippen molar-refractivity contribution in [3.05, 3.63) is 63.5 Å². The summed E-state index contributed by atoms with van der Waals surface area (Å²) in [5.74, 6) is -0.924. The maximum absolute atomic E-state index is 13.1. The Hall–Kier alpha value is -2.77. The molecule has 1 atom stereocenters. The van der Waals surface area contributed by atoms with Crippen LogP contribution >= 0.6 is 23.4 Å². The van der Waals surface area contributed by atoms with Crippen LogP contribution in [0.4, 0.5) is 5.69 Å². The number of halogens is 1. The van der Waals surface area contributed by atoms with E-state index in [2.05, 4.69) is 5.32 Å². The van der Waals surface area contributed by atoms with Crippen molar-refractivity contribution in [3.8, 4) is 0 Å². The van der Waals surface area contributed by atoms with Gasteiger partial charge >= 0.3 is 5.97 Å². The molecule has 0 unspecified atom stereocenters. The zero-order valence-electron chi connectivity index (χ0n) is 17.6. The molecule has 6 nitrogen and oxygen atoms in total. The van der Waals surface area contributed by atoms with Crippen LogP contribution in [0.1, 0.15) is 35.7 Å². The van der Waals surface area contributed by atoms with E-state index in [0.29, 0.717) is 40.9 Å². The van der Waals surface area contributed by atoms with E-state index in [1.807, 2.05) is 18.2 Å². The number of thioether (sulfide) groups is 1. The first-order valence-corrected chi connectivity index (χ1v) is 11.7. The normalized spacial score (nSPS) is 19.3. The number of fused-ring (bicyclic) bond motifs is 1. The monoisotopic (exact) mass is 470 g/mol. The second-order valence-electron chi connectivity index (χ2n) is 7.67. The van der Waals surface area contributed by atoms with Crippen LogP contribution in [0, 0.1) is 5.92 Å². The van der Waals surface area contributed by atoms with Crippen molar-refractivity contribution in [2.24, 2.45) is 5.92 Å². The van der Waals surface area contributed by atoms with E-state index in [1.54, 1.807) is 42.2 Å². The maximum atomic E-state index is 13.1. The van der Waals surface area contributed by atoms with Gasteiger partial charge < -0.3 is 15.0 Å². The van der Waals surface area contributed by atoms with Gasteiger partial charge in [0.1, 0.15) is 0 Å². The summed E-state index contributed by atoms with van der Waals surface area (Å²) in [6.45, 7) is 3.06. The molecule has 166 valence electrons. The van der Waals surface area contributed by atoms with E-state index in [9.17, 15) is 14.4 Å². The highest BCUT2D eigenvalue weighted by Gasteiger charge is 2.30. The largest absolute Gasteiger partial charge is 0.466 e. The highest BCUT2D eigenvalue weighted by molar-refractivity contribution is 8.04. The Morgan fingerprint density at radius 1 is 1.28 bits per heavy atom. The molecule has 4 rings (SSSR count). The van der Waals surface area contributed by atoms with Crippen LogP contribution in [-0.4, -0.2) is 42.4 Å². The molecule has 0 spiro atoms. The summed E-state index contributed by atoms with van der Waals surface area (Å²) >= 11 is 7.39. The van der Waals surface area contributed by atoms with Gasteiger partial charge in [-0.25, -0.2) is 0 Å². The van der Waals surface area contributed by atoms with Crippen LogP contribution in [0.15, 0.2) is 52.3 Å². The van der Waals surface area contributed by atoms with Crippen molar-refractivity contribution < 1.29 is 19.1 Å². The summed E-state index contributed by atoms with van der Waals surface area (Å²) in [5, 5.41) is 3.48. The molecule has 2 aromatic rings. The van der Waals surface area contributed by atoms with Crippen LogP contribution < -0.4 is 5.32 Å². The summed E-state index contributed by atoms with van der Waals surface area (Å²) in [4.78, 5) is 40.9. The third kappa shape index (κ3) is 5.00. The number of esters is 1. The fraction of sp³-hybridized carbons (Fsp3) is 0.292. The van der Waals surface area contributed by atoms with E-state index in [1.165, 1.54) is 11.8 Å². The van der Waals surface area contributed by atoms with Gasteiger partial charge in [0.25, 0.3) is 11.8 Å². The molecule has 2 aliphatic rings. The summed E-state index contributed by atoms with van der Waals surface area (Å²) in [6, 6.07) is 12.6. The number of hydrogen-bond donors (Lipinski definition) is 1. The number of likely N-dealkylation sites (tertiary alicyclic amines) is 1. The standard InChI is InChI=1S/C24H23ClN2O4S/c1-2-31-24(30)17-6-4-10-27(14-17)23(29)16-8-9-20-19(13-16)26-22(28)21(32-20)12-15-5-3-7-18(25)11-15/h3,5,7-9,11-13,17H,2,4,6,10,14H2,1H3,(H,26,28)/b21-12+/t17-/m1/s1. The van der Waals surface area contributed by atoms with Gasteiger partial charge in [0.2, 0.25) is 0 Å². The number of nitrogens with zero attached hydrogens (tertiary/aromatic N) is 1. The Kier molecular flexibility index (Phi) is 6.86. The molecule has 1 saturated heterocycles. The predicted octanol–water partition coefficient (Wildman–Crippen LogP) is 4.84. The molecule has 2 heterocycles. The predicted molar refractivity (Wildman–Crippen MR) is 126 cm³/mol. The van der Waals surface area contributed by atoms with Gasteiger partial charge in [-0.1, -0.05) is 35.5 Å². The Balaban J connectivity index is 1.50. The molecule has 0 aliphatic carbocycles. The smallest absolute Gasteiger partial charge is 0.310 e. The zero-order valence-corrected chi connectivity index (χ0v) is 19.2. The van der Waals surface area contributed by atoms with Crippen LogP contribution in [-0.2, 0) is 14.3 Å². The molecule has 2 aromatic carbocycles. The van der Waals surface area contributed by atoms with E-state index in [0.717, 1.165) is 23.3 Å². The van der Waals surface area contributed by atoms with Crippen LogP contribution in [0.25, 0.3) is 6.08 Å². The van der Waals surface area contributed by atoms with Crippen LogP contribution in [0.2, 0.25) is 5.02 Å². The fourth-order valence-electron chi connectivity index (χ4n) is 3.84. The maximum Gasteiger partial charge on any atom is 0.310 e. The van der Waals surface area contributed by atoms with Gasteiger partial charge in [0, 0.05) is 28.6 Å². The highest BCUT2D eigenvalue weighted by Crippen LogP contribution is 2.39. The lowest BCUT2D eigenvalue weighted by molar-refractivity contribution is -0.149. The van der Waals surface area contributed by atoms with Gasteiger partial charge in [-0.05, 0) is 61.7 Å². The summed E-state index contributed by atoms with van der Waals surface area (Å²) in [6.07, 6.45) is 3.27. The highest BCUT2D eigenvalue weighted by atomic mass is 35.5. The van der Waals surface area contributed by atoms with Gasteiger partial charge in [-0.15, -0.1) is 0 Å². The molecule has 0 radical (unpaired) electrons. The molecule has 1 N–H and O–H groups in total. The topological polar surface area (TPSA) is 75.7 Å². The van der Waals surface area contributed by atoms with Crippen molar-refractivity contribution >= 4 is 52.9 Å². The van der Waals surface area contributed by atoms with E-state index < -0.39 is 0 Å². The Bertz CT molecular complexity index is 1100. The first-order chi connectivity index (χ1) is 15.4. The molecular formula is C24H23ClN2O4S. The Morgan fingerprint density at radius 2 is 2.12 bits per heavy atom. The summed E-state index contributed by atoms with van der Waals surface area (Å²) < 4.78 is 5.12. The number of carbonyl (C=O) groups excluding carboxylic acids is 3. The quantitative estimate of drug-likeness (QED) is 0.511.